The van der Waals surface area contributed by atoms with Crippen molar-refractivity contribution in [2.45, 2.75) is 5.88 Å². The molecule has 0 spiro atoms. The van der Waals surface area contributed by atoms with Gasteiger partial charge in [-0.25, -0.2) is 8.42 Å². The van der Waals surface area contributed by atoms with Gasteiger partial charge in [-0.1, -0.05) is 0 Å². The molecule has 0 saturated carbocycles. The van der Waals surface area contributed by atoms with E-state index in [-0.39, 0.29) is 23.9 Å². The molecule has 0 aliphatic carbocycles. The Hall–Kier alpha value is -1.34. The molecule has 0 amide bonds. The van der Waals surface area contributed by atoms with Crippen LogP contribution in [0.25, 0.3) is 0 Å². The molecule has 0 aliphatic rings. The second-order valence-electron chi connectivity index (χ2n) is 3.66. The number of sulfone groups is 1. The van der Waals surface area contributed by atoms with E-state index >= 15 is 0 Å². The fourth-order valence-corrected chi connectivity index (χ4v) is 1.82. The predicted octanol–water partition coefficient (Wildman–Crippen LogP) is 1.76. The van der Waals surface area contributed by atoms with Gasteiger partial charge in [-0.2, -0.15) is 0 Å². The molecule has 1 aromatic rings. The van der Waals surface area contributed by atoms with Gasteiger partial charge < -0.3 is 4.74 Å². The number of non-ortho nitro benzene ring substituents is 1. The molecule has 0 saturated heterocycles. The number of alkyl halides is 1. The third-order valence-electron chi connectivity index (χ3n) is 2.11. The molecule has 0 heterocycles. The molecule has 0 aromatic heterocycles. The number of nitro groups is 1. The number of rotatable bonds is 6. The molecule has 0 radical (unpaired) electrons. The molecular weight excluding hydrogens is 282 g/mol. The van der Waals surface area contributed by atoms with E-state index in [2.05, 4.69) is 0 Å². The van der Waals surface area contributed by atoms with Gasteiger partial charge in [0.1, 0.15) is 12.4 Å². The molecule has 1 aromatic carbocycles. The lowest BCUT2D eigenvalue weighted by Crippen LogP contribution is -2.12. The second-order valence-corrected chi connectivity index (χ2v) is 6.19. The SMILES string of the molecule is CS(=O)(=O)CCOc1ccc([N+](=O)[O-])cc1CCl. The Balaban J connectivity index is 2.80. The number of hydrogen-bond acceptors (Lipinski definition) is 5. The van der Waals surface area contributed by atoms with Crippen molar-refractivity contribution in [2.75, 3.05) is 18.6 Å². The normalized spacial score (nSPS) is 11.2. The first kappa shape index (κ1) is 14.7. The average molecular weight is 294 g/mol. The van der Waals surface area contributed by atoms with Crippen LogP contribution in [0.3, 0.4) is 0 Å². The highest BCUT2D eigenvalue weighted by Crippen LogP contribution is 2.25. The smallest absolute Gasteiger partial charge is 0.270 e. The number of benzene rings is 1. The van der Waals surface area contributed by atoms with Gasteiger partial charge in [0.25, 0.3) is 5.69 Å². The van der Waals surface area contributed by atoms with Crippen LogP contribution in [0, 0.1) is 10.1 Å². The van der Waals surface area contributed by atoms with Crippen molar-refractivity contribution in [2.24, 2.45) is 0 Å². The lowest BCUT2D eigenvalue weighted by atomic mass is 10.2. The van der Waals surface area contributed by atoms with E-state index in [0.717, 1.165) is 6.26 Å². The molecule has 1 rings (SSSR count). The Bertz CT molecular complexity index is 543. The quantitative estimate of drug-likeness (QED) is 0.453. The van der Waals surface area contributed by atoms with Crippen molar-refractivity contribution in [1.29, 1.82) is 0 Å². The molecule has 6 nitrogen and oxygen atoms in total. The summed E-state index contributed by atoms with van der Waals surface area (Å²) in [5.41, 5.74) is 0.375. The zero-order valence-corrected chi connectivity index (χ0v) is 11.2. The Morgan fingerprint density at radius 1 is 1.44 bits per heavy atom. The van der Waals surface area contributed by atoms with E-state index in [0.29, 0.717) is 11.3 Å². The van der Waals surface area contributed by atoms with Crippen LogP contribution in [0.1, 0.15) is 5.56 Å². The fraction of sp³-hybridized carbons (Fsp3) is 0.400. The predicted molar refractivity (Wildman–Crippen MR) is 67.9 cm³/mol. The number of ether oxygens (including phenoxy) is 1. The van der Waals surface area contributed by atoms with Gasteiger partial charge in [-0.05, 0) is 6.07 Å². The monoisotopic (exact) mass is 293 g/mol. The molecular formula is C10H12ClNO5S. The van der Waals surface area contributed by atoms with E-state index in [1.54, 1.807) is 0 Å². The lowest BCUT2D eigenvalue weighted by molar-refractivity contribution is -0.384. The van der Waals surface area contributed by atoms with Crippen molar-refractivity contribution in [3.8, 4) is 5.75 Å². The van der Waals surface area contributed by atoms with Crippen molar-refractivity contribution in [3.05, 3.63) is 33.9 Å². The summed E-state index contributed by atoms with van der Waals surface area (Å²) in [5, 5.41) is 10.6. The summed E-state index contributed by atoms with van der Waals surface area (Å²) in [5.74, 6) is 0.293. The van der Waals surface area contributed by atoms with Crippen LogP contribution in [0.15, 0.2) is 18.2 Å². The van der Waals surface area contributed by atoms with Gasteiger partial charge in [0, 0.05) is 24.0 Å². The summed E-state index contributed by atoms with van der Waals surface area (Å²) >= 11 is 5.66. The average Bonchev–Trinajstić information content (AvgIpc) is 2.27. The minimum Gasteiger partial charge on any atom is -0.492 e. The third kappa shape index (κ3) is 4.50. The minimum absolute atomic E-state index is 0.0134. The summed E-state index contributed by atoms with van der Waals surface area (Å²) in [6, 6.07) is 4.01. The van der Waals surface area contributed by atoms with Gasteiger partial charge in [0.2, 0.25) is 0 Å². The van der Waals surface area contributed by atoms with Gasteiger partial charge in [0.15, 0.2) is 9.84 Å². The van der Waals surface area contributed by atoms with E-state index in [1.807, 2.05) is 0 Å². The molecule has 18 heavy (non-hydrogen) atoms. The highest BCUT2D eigenvalue weighted by molar-refractivity contribution is 7.90. The number of nitro benzene ring substituents is 1. The number of hydrogen-bond donors (Lipinski definition) is 0. The first-order chi connectivity index (χ1) is 8.33. The van der Waals surface area contributed by atoms with E-state index in [9.17, 15) is 18.5 Å². The highest BCUT2D eigenvalue weighted by atomic mass is 35.5. The van der Waals surface area contributed by atoms with Crippen molar-refractivity contribution < 1.29 is 18.1 Å². The first-order valence-electron chi connectivity index (χ1n) is 4.97. The molecule has 0 unspecified atom stereocenters. The van der Waals surface area contributed by atoms with Crippen LogP contribution in [0.5, 0.6) is 5.75 Å². The maximum absolute atomic E-state index is 10.9. The fourth-order valence-electron chi connectivity index (χ4n) is 1.23. The highest BCUT2D eigenvalue weighted by Gasteiger charge is 2.11. The maximum Gasteiger partial charge on any atom is 0.270 e. The van der Waals surface area contributed by atoms with E-state index in [4.69, 9.17) is 16.3 Å². The van der Waals surface area contributed by atoms with Crippen LogP contribution < -0.4 is 4.74 Å². The number of halogens is 1. The standard InChI is InChI=1S/C10H12ClNO5S/c1-18(15,16)5-4-17-10-3-2-9(12(13)14)6-8(10)7-11/h2-3,6H,4-5,7H2,1H3. The summed E-state index contributed by atoms with van der Waals surface area (Å²) < 4.78 is 27.1. The van der Waals surface area contributed by atoms with Crippen LogP contribution in [0.4, 0.5) is 5.69 Å². The van der Waals surface area contributed by atoms with E-state index < -0.39 is 14.8 Å². The van der Waals surface area contributed by atoms with Crippen LogP contribution >= 0.6 is 11.6 Å². The Morgan fingerprint density at radius 3 is 2.61 bits per heavy atom. The van der Waals surface area contributed by atoms with Crippen molar-refractivity contribution in [3.63, 3.8) is 0 Å². The molecule has 0 bridgehead atoms. The largest absolute Gasteiger partial charge is 0.492 e. The van der Waals surface area contributed by atoms with Crippen LogP contribution in [-0.2, 0) is 15.7 Å². The van der Waals surface area contributed by atoms with Gasteiger partial charge in [-0.3, -0.25) is 10.1 Å². The zero-order valence-electron chi connectivity index (χ0n) is 9.63. The summed E-state index contributed by atoms with van der Waals surface area (Å²) in [4.78, 5) is 10.0. The Morgan fingerprint density at radius 2 is 2.11 bits per heavy atom. The third-order valence-corrected chi connectivity index (χ3v) is 3.31. The molecule has 0 aliphatic heterocycles. The Kier molecular flexibility index (Phi) is 4.92. The molecule has 0 fully saturated rings. The summed E-state index contributed by atoms with van der Waals surface area (Å²) in [6.45, 7) is -0.0134. The number of nitrogens with zero attached hydrogens (tertiary/aromatic N) is 1. The van der Waals surface area contributed by atoms with Crippen molar-refractivity contribution in [1.82, 2.24) is 0 Å². The second kappa shape index (κ2) is 6.01. The minimum atomic E-state index is -3.10. The molecule has 0 atom stereocenters. The molecule has 100 valence electrons. The summed E-state index contributed by atoms with van der Waals surface area (Å²) in [6.07, 6.45) is 1.11. The van der Waals surface area contributed by atoms with Gasteiger partial charge in [0.05, 0.1) is 16.6 Å². The van der Waals surface area contributed by atoms with Gasteiger partial charge >= 0.3 is 0 Å². The lowest BCUT2D eigenvalue weighted by Gasteiger charge is -2.09. The summed E-state index contributed by atoms with van der Waals surface area (Å²) in [7, 11) is -3.10. The Labute approximate surface area is 110 Å². The maximum atomic E-state index is 10.9. The topological polar surface area (TPSA) is 86.5 Å². The zero-order chi connectivity index (χ0) is 13.8. The molecule has 8 heteroatoms. The van der Waals surface area contributed by atoms with E-state index in [1.165, 1.54) is 18.2 Å². The van der Waals surface area contributed by atoms with Crippen LogP contribution in [0.2, 0.25) is 0 Å². The van der Waals surface area contributed by atoms with Gasteiger partial charge in [-0.15, -0.1) is 11.6 Å². The van der Waals surface area contributed by atoms with Crippen LogP contribution in [-0.4, -0.2) is 32.0 Å². The van der Waals surface area contributed by atoms with Crippen molar-refractivity contribution >= 4 is 27.1 Å². The first-order valence-corrected chi connectivity index (χ1v) is 7.57. The molecule has 0 N–H and O–H groups in total.